The number of methoxy groups -OCH3 is 2. The summed E-state index contributed by atoms with van der Waals surface area (Å²) in [5.74, 6) is -1.31. The zero-order valence-electron chi connectivity index (χ0n) is 18.4. The van der Waals surface area contributed by atoms with Crippen LogP contribution in [0.15, 0.2) is 23.2 Å². The first kappa shape index (κ1) is 23.1. The van der Waals surface area contributed by atoms with Crippen LogP contribution in [0.2, 0.25) is 5.02 Å². The maximum Gasteiger partial charge on any atom is 0.245 e. The summed E-state index contributed by atoms with van der Waals surface area (Å²) < 4.78 is 16.6. The van der Waals surface area contributed by atoms with E-state index in [1.807, 2.05) is 12.3 Å². The molecule has 2 atom stereocenters. The number of aryl methyl sites for hydroxylation is 1. The highest BCUT2D eigenvalue weighted by Gasteiger charge is 2.60. The Balaban J connectivity index is 1.54. The molecule has 9 nitrogen and oxygen atoms in total. The van der Waals surface area contributed by atoms with Gasteiger partial charge in [0.05, 0.1) is 26.5 Å². The number of ketones is 2. The molecule has 1 aliphatic carbocycles. The quantitative estimate of drug-likeness (QED) is 0.592. The van der Waals surface area contributed by atoms with E-state index in [-0.39, 0.29) is 40.3 Å². The Bertz CT molecular complexity index is 1190. The minimum Gasteiger partial charge on any atom is -0.496 e. The number of carbonyl (C=O) groups excluding carboxylic acids is 3. The maximum atomic E-state index is 13.5. The molecule has 0 saturated heterocycles. The zero-order valence-corrected chi connectivity index (χ0v) is 20.0. The number of aromatic nitrogens is 1. The third kappa shape index (κ3) is 3.83. The van der Waals surface area contributed by atoms with Crippen molar-refractivity contribution in [2.75, 3.05) is 26.1 Å². The van der Waals surface area contributed by atoms with Gasteiger partial charge in [-0.3, -0.25) is 14.4 Å². The standard InChI is InChI=1S/C22H22ClN3O6S/c1-10-5-12(24-8-16(28)26-21-25-11(2)9-33-21)6-15(27)22(10)20(29)17-13(30-3)7-14(31-4)18(23)19(17)32-22/h6-7,9-10,24H,5,8H2,1-4H3,(H,25,26,28). The van der Waals surface area contributed by atoms with E-state index >= 15 is 0 Å². The Kier molecular flexibility index (Phi) is 6.06. The molecule has 1 spiro atoms. The fourth-order valence-corrected chi connectivity index (χ4v) is 4.99. The molecule has 0 saturated carbocycles. The van der Waals surface area contributed by atoms with Crippen molar-refractivity contribution in [2.45, 2.75) is 25.9 Å². The van der Waals surface area contributed by atoms with Gasteiger partial charge in [0.25, 0.3) is 0 Å². The second-order valence-corrected chi connectivity index (χ2v) is 9.04. The summed E-state index contributed by atoms with van der Waals surface area (Å²) in [4.78, 5) is 43.1. The number of hydrogen-bond donors (Lipinski definition) is 2. The highest BCUT2D eigenvalue weighted by Crippen LogP contribution is 2.52. The summed E-state index contributed by atoms with van der Waals surface area (Å²) in [6.07, 6.45) is 1.62. The number of ether oxygens (including phenoxy) is 3. The summed E-state index contributed by atoms with van der Waals surface area (Å²) in [7, 11) is 2.84. The highest BCUT2D eigenvalue weighted by atomic mass is 35.5. The minimum atomic E-state index is -1.75. The van der Waals surface area contributed by atoms with E-state index in [2.05, 4.69) is 15.6 Å². The van der Waals surface area contributed by atoms with Crippen LogP contribution in [0.5, 0.6) is 17.2 Å². The summed E-state index contributed by atoms with van der Waals surface area (Å²) in [6, 6.07) is 1.49. The second kappa shape index (κ2) is 8.68. The lowest BCUT2D eigenvalue weighted by atomic mass is 9.74. The lowest BCUT2D eigenvalue weighted by Crippen LogP contribution is -2.55. The third-order valence-corrected chi connectivity index (χ3v) is 6.88. The smallest absolute Gasteiger partial charge is 0.245 e. The van der Waals surface area contributed by atoms with Crippen molar-refractivity contribution < 1.29 is 28.6 Å². The predicted octanol–water partition coefficient (Wildman–Crippen LogP) is 3.16. The minimum absolute atomic E-state index is 0.0522. The van der Waals surface area contributed by atoms with Gasteiger partial charge >= 0.3 is 0 Å². The lowest BCUT2D eigenvalue weighted by Gasteiger charge is -2.35. The SMILES string of the molecule is COc1cc(OC)c2c(c1Cl)OC1(C(=O)C=C(NCC(=O)Nc3nc(C)cs3)CC1C)C2=O. The predicted molar refractivity (Wildman–Crippen MR) is 123 cm³/mol. The first-order chi connectivity index (χ1) is 15.7. The second-order valence-electron chi connectivity index (χ2n) is 7.80. The molecule has 0 fully saturated rings. The Morgan fingerprint density at radius 2 is 2.06 bits per heavy atom. The van der Waals surface area contributed by atoms with Crippen LogP contribution in [0, 0.1) is 12.8 Å². The van der Waals surface area contributed by atoms with Gasteiger partial charge in [-0.1, -0.05) is 18.5 Å². The number of carbonyl (C=O) groups is 3. The van der Waals surface area contributed by atoms with E-state index in [9.17, 15) is 14.4 Å². The Hall–Kier alpha value is -3.11. The van der Waals surface area contributed by atoms with Gasteiger partial charge in [0, 0.05) is 29.1 Å². The number of Topliss-reactive ketones (excluding diaryl/α,β-unsaturated/α-hetero) is 1. The Morgan fingerprint density at radius 3 is 2.67 bits per heavy atom. The van der Waals surface area contributed by atoms with E-state index in [1.54, 1.807) is 6.92 Å². The molecule has 1 aliphatic heterocycles. The van der Waals surface area contributed by atoms with Gasteiger partial charge in [-0.2, -0.15) is 0 Å². The summed E-state index contributed by atoms with van der Waals surface area (Å²) in [5, 5.41) is 8.10. The molecule has 174 valence electrons. The summed E-state index contributed by atoms with van der Waals surface area (Å²) >= 11 is 7.71. The van der Waals surface area contributed by atoms with E-state index in [1.165, 1.54) is 37.7 Å². The van der Waals surface area contributed by atoms with Crippen LogP contribution in [0.3, 0.4) is 0 Å². The van der Waals surface area contributed by atoms with Gasteiger partial charge in [0.2, 0.25) is 23.1 Å². The number of rotatable bonds is 6. The Labute approximate surface area is 199 Å². The molecule has 11 heteroatoms. The number of thiazole rings is 1. The number of fused-ring (bicyclic) bond motifs is 1. The van der Waals surface area contributed by atoms with Crippen LogP contribution >= 0.6 is 22.9 Å². The van der Waals surface area contributed by atoms with Crippen LogP contribution < -0.4 is 24.8 Å². The average Bonchev–Trinajstić information content (AvgIpc) is 3.33. The van der Waals surface area contributed by atoms with Crippen molar-refractivity contribution in [3.63, 3.8) is 0 Å². The number of amides is 1. The van der Waals surface area contributed by atoms with Crippen molar-refractivity contribution in [1.82, 2.24) is 10.3 Å². The third-order valence-electron chi connectivity index (χ3n) is 5.65. The molecule has 0 bridgehead atoms. The summed E-state index contributed by atoms with van der Waals surface area (Å²) in [6.45, 7) is 3.53. The van der Waals surface area contributed by atoms with E-state index in [0.717, 1.165) is 5.69 Å². The molecule has 0 radical (unpaired) electrons. The fraction of sp³-hybridized carbons (Fsp3) is 0.364. The normalized spacial score (nSPS) is 21.4. The maximum absolute atomic E-state index is 13.5. The molecule has 1 aromatic heterocycles. The van der Waals surface area contributed by atoms with Crippen molar-refractivity contribution in [3.8, 4) is 17.2 Å². The zero-order chi connectivity index (χ0) is 23.9. The average molecular weight is 492 g/mol. The van der Waals surface area contributed by atoms with E-state index in [4.69, 9.17) is 25.8 Å². The number of halogens is 1. The van der Waals surface area contributed by atoms with Crippen LogP contribution in [0.4, 0.5) is 5.13 Å². The van der Waals surface area contributed by atoms with Crippen molar-refractivity contribution in [2.24, 2.45) is 5.92 Å². The van der Waals surface area contributed by atoms with Gasteiger partial charge in [-0.25, -0.2) is 4.98 Å². The highest BCUT2D eigenvalue weighted by molar-refractivity contribution is 7.13. The molecule has 2 N–H and O–H groups in total. The van der Waals surface area contributed by atoms with Crippen LogP contribution in [0.1, 0.15) is 29.4 Å². The monoisotopic (exact) mass is 491 g/mol. The molecule has 2 aromatic rings. The van der Waals surface area contributed by atoms with Crippen LogP contribution in [-0.2, 0) is 9.59 Å². The van der Waals surface area contributed by atoms with Crippen LogP contribution in [-0.4, -0.2) is 48.8 Å². The van der Waals surface area contributed by atoms with Gasteiger partial charge in [0.1, 0.15) is 22.1 Å². The molecule has 1 aromatic carbocycles. The number of allylic oxidation sites excluding steroid dienone is 1. The number of hydrogen-bond acceptors (Lipinski definition) is 9. The van der Waals surface area contributed by atoms with E-state index < -0.39 is 23.1 Å². The molecule has 2 unspecified atom stereocenters. The Morgan fingerprint density at radius 1 is 1.33 bits per heavy atom. The largest absolute Gasteiger partial charge is 0.496 e. The summed E-state index contributed by atoms with van der Waals surface area (Å²) in [5.41, 5.74) is -0.283. The van der Waals surface area contributed by atoms with Gasteiger partial charge in [-0.15, -0.1) is 11.3 Å². The van der Waals surface area contributed by atoms with Gasteiger partial charge < -0.3 is 24.8 Å². The fourth-order valence-electron chi connectivity index (χ4n) is 4.02. The van der Waals surface area contributed by atoms with Gasteiger partial charge in [0.15, 0.2) is 10.9 Å². The first-order valence-corrected chi connectivity index (χ1v) is 11.4. The molecule has 1 amide bonds. The molecular formula is C22H22ClN3O6S. The molecular weight excluding hydrogens is 470 g/mol. The topological polar surface area (TPSA) is 116 Å². The van der Waals surface area contributed by atoms with Crippen molar-refractivity contribution in [3.05, 3.63) is 39.5 Å². The molecule has 33 heavy (non-hydrogen) atoms. The van der Waals surface area contributed by atoms with Crippen molar-refractivity contribution >= 4 is 45.5 Å². The van der Waals surface area contributed by atoms with Crippen LogP contribution in [0.25, 0.3) is 0 Å². The molecule has 2 heterocycles. The van der Waals surface area contributed by atoms with Gasteiger partial charge in [-0.05, 0) is 13.3 Å². The number of nitrogens with zero attached hydrogens (tertiary/aromatic N) is 1. The lowest BCUT2D eigenvalue weighted by molar-refractivity contribution is -0.129. The van der Waals surface area contributed by atoms with Crippen molar-refractivity contribution in [1.29, 1.82) is 0 Å². The number of nitrogens with one attached hydrogen (secondary N) is 2. The molecule has 4 rings (SSSR count). The number of benzene rings is 1. The van der Waals surface area contributed by atoms with E-state index in [0.29, 0.717) is 17.2 Å². The molecule has 2 aliphatic rings. The first-order valence-electron chi connectivity index (χ1n) is 10.1. The number of anilines is 1.